The highest BCUT2D eigenvalue weighted by Crippen LogP contribution is 2.21. The van der Waals surface area contributed by atoms with Gasteiger partial charge in [-0.15, -0.1) is 0 Å². The Morgan fingerprint density at radius 2 is 2.35 bits per heavy atom. The van der Waals surface area contributed by atoms with Crippen molar-refractivity contribution in [3.8, 4) is 0 Å². The van der Waals surface area contributed by atoms with E-state index >= 15 is 0 Å². The normalized spacial score (nSPS) is 22.7. The summed E-state index contributed by atoms with van der Waals surface area (Å²) in [6.07, 6.45) is 3.42. The minimum Gasteiger partial charge on any atom is -0.462 e. The Morgan fingerprint density at radius 3 is 2.95 bits per heavy atom. The highest BCUT2D eigenvalue weighted by molar-refractivity contribution is 5.90. The summed E-state index contributed by atoms with van der Waals surface area (Å²) in [6.45, 7) is 6.90. The van der Waals surface area contributed by atoms with E-state index in [2.05, 4.69) is 21.8 Å². The van der Waals surface area contributed by atoms with Gasteiger partial charge in [0, 0.05) is 24.8 Å². The molecule has 0 bridgehead atoms. The molecule has 0 aromatic carbocycles. The second-order valence-corrected chi connectivity index (χ2v) is 5.22. The lowest BCUT2D eigenvalue weighted by atomic mass is 10.00. The maximum atomic E-state index is 11.7. The Labute approximate surface area is 119 Å². The first-order chi connectivity index (χ1) is 9.52. The first kappa shape index (κ1) is 14.7. The van der Waals surface area contributed by atoms with Gasteiger partial charge in [0.25, 0.3) is 0 Å². The lowest BCUT2D eigenvalue weighted by Gasteiger charge is -2.36. The number of hydrogen-bond donors (Lipinski definition) is 1. The van der Waals surface area contributed by atoms with Gasteiger partial charge in [-0.1, -0.05) is 0 Å². The van der Waals surface area contributed by atoms with Crippen LogP contribution >= 0.6 is 0 Å². The van der Waals surface area contributed by atoms with Crippen LogP contribution in [0.5, 0.6) is 0 Å². The number of rotatable bonds is 3. The standard InChI is InChI=1S/C14H22N4O2/c1-4-20-13(19)12-8-16-14(17-10(12)3)18-6-5-11(15)7-9(18)2/h8-9,11H,4-7,15H2,1-3H3. The van der Waals surface area contributed by atoms with Gasteiger partial charge in [-0.25, -0.2) is 14.8 Å². The van der Waals surface area contributed by atoms with Crippen LogP contribution in [0.4, 0.5) is 5.95 Å². The van der Waals surface area contributed by atoms with Crippen molar-refractivity contribution in [3.05, 3.63) is 17.5 Å². The first-order valence-corrected chi connectivity index (χ1v) is 7.06. The number of piperidine rings is 1. The molecule has 2 N–H and O–H groups in total. The monoisotopic (exact) mass is 278 g/mol. The summed E-state index contributed by atoms with van der Waals surface area (Å²) in [4.78, 5) is 22.6. The molecule has 6 nitrogen and oxygen atoms in total. The van der Waals surface area contributed by atoms with E-state index in [0.29, 0.717) is 29.9 Å². The van der Waals surface area contributed by atoms with E-state index in [1.165, 1.54) is 0 Å². The van der Waals surface area contributed by atoms with Crippen LogP contribution in [0.3, 0.4) is 0 Å². The van der Waals surface area contributed by atoms with Gasteiger partial charge in [0.2, 0.25) is 5.95 Å². The molecule has 20 heavy (non-hydrogen) atoms. The molecule has 6 heteroatoms. The van der Waals surface area contributed by atoms with E-state index in [1.807, 2.05) is 0 Å². The number of ether oxygens (including phenoxy) is 1. The minimum atomic E-state index is -0.370. The summed E-state index contributed by atoms with van der Waals surface area (Å²) in [5.74, 6) is 0.292. The predicted octanol–water partition coefficient (Wildman–Crippen LogP) is 1.28. The van der Waals surface area contributed by atoms with Crippen molar-refractivity contribution < 1.29 is 9.53 Å². The number of carbonyl (C=O) groups is 1. The van der Waals surface area contributed by atoms with Gasteiger partial charge >= 0.3 is 5.97 Å². The van der Waals surface area contributed by atoms with E-state index in [4.69, 9.17) is 10.5 Å². The first-order valence-electron chi connectivity index (χ1n) is 7.06. The van der Waals surface area contributed by atoms with Crippen molar-refractivity contribution in [2.24, 2.45) is 5.73 Å². The van der Waals surface area contributed by atoms with Gasteiger partial charge < -0.3 is 15.4 Å². The lowest BCUT2D eigenvalue weighted by molar-refractivity contribution is 0.0524. The van der Waals surface area contributed by atoms with Crippen LogP contribution in [0, 0.1) is 6.92 Å². The molecule has 0 amide bonds. The van der Waals surface area contributed by atoms with Gasteiger partial charge in [-0.05, 0) is 33.6 Å². The summed E-state index contributed by atoms with van der Waals surface area (Å²) in [5, 5.41) is 0. The smallest absolute Gasteiger partial charge is 0.341 e. The molecule has 1 saturated heterocycles. The predicted molar refractivity (Wildman–Crippen MR) is 76.7 cm³/mol. The molecule has 0 radical (unpaired) electrons. The number of hydrogen-bond acceptors (Lipinski definition) is 6. The number of aryl methyl sites for hydroxylation is 1. The lowest BCUT2D eigenvalue weighted by Crippen LogP contribution is -2.46. The van der Waals surface area contributed by atoms with Crippen molar-refractivity contribution in [3.63, 3.8) is 0 Å². The average molecular weight is 278 g/mol. The van der Waals surface area contributed by atoms with E-state index in [1.54, 1.807) is 20.0 Å². The largest absolute Gasteiger partial charge is 0.462 e. The van der Waals surface area contributed by atoms with Crippen LogP contribution in [0.15, 0.2) is 6.20 Å². The molecule has 2 rings (SSSR count). The van der Waals surface area contributed by atoms with E-state index in [-0.39, 0.29) is 12.0 Å². The fourth-order valence-corrected chi connectivity index (χ4v) is 2.51. The van der Waals surface area contributed by atoms with Gasteiger partial charge in [-0.2, -0.15) is 0 Å². The average Bonchev–Trinajstić information content (AvgIpc) is 2.38. The number of carbonyl (C=O) groups excluding carboxylic acids is 1. The van der Waals surface area contributed by atoms with Crippen LogP contribution in [0.25, 0.3) is 0 Å². The number of anilines is 1. The quantitative estimate of drug-likeness (QED) is 0.839. The third kappa shape index (κ3) is 3.07. The second kappa shape index (κ2) is 6.17. The molecule has 1 aromatic heterocycles. The van der Waals surface area contributed by atoms with Gasteiger partial charge in [0.15, 0.2) is 0 Å². The maximum Gasteiger partial charge on any atom is 0.341 e. The van der Waals surface area contributed by atoms with Crippen LogP contribution in [0.1, 0.15) is 42.7 Å². The Kier molecular flexibility index (Phi) is 4.54. The topological polar surface area (TPSA) is 81.3 Å². The summed E-state index contributed by atoms with van der Waals surface area (Å²) < 4.78 is 4.98. The Hall–Kier alpha value is -1.69. The van der Waals surface area contributed by atoms with Gasteiger partial charge in [-0.3, -0.25) is 0 Å². The molecule has 1 aliphatic heterocycles. The van der Waals surface area contributed by atoms with Gasteiger partial charge in [0.1, 0.15) is 0 Å². The molecule has 0 saturated carbocycles. The summed E-state index contributed by atoms with van der Waals surface area (Å²) in [6, 6.07) is 0.563. The fourth-order valence-electron chi connectivity index (χ4n) is 2.51. The SMILES string of the molecule is CCOC(=O)c1cnc(N2CCC(N)CC2C)nc1C. The fraction of sp³-hybridized carbons (Fsp3) is 0.643. The molecule has 1 aliphatic rings. The van der Waals surface area contributed by atoms with Crippen LogP contribution < -0.4 is 10.6 Å². The highest BCUT2D eigenvalue weighted by Gasteiger charge is 2.25. The summed E-state index contributed by atoms with van der Waals surface area (Å²) in [5.41, 5.74) is 7.04. The summed E-state index contributed by atoms with van der Waals surface area (Å²) >= 11 is 0. The zero-order chi connectivity index (χ0) is 14.7. The molecule has 110 valence electrons. The molecular formula is C14H22N4O2. The summed E-state index contributed by atoms with van der Waals surface area (Å²) in [7, 11) is 0. The second-order valence-electron chi connectivity index (χ2n) is 5.22. The third-order valence-corrected chi connectivity index (χ3v) is 3.64. The number of esters is 1. The van der Waals surface area contributed by atoms with E-state index < -0.39 is 0 Å². The molecular weight excluding hydrogens is 256 g/mol. The van der Waals surface area contributed by atoms with E-state index in [9.17, 15) is 4.79 Å². The van der Waals surface area contributed by atoms with E-state index in [0.717, 1.165) is 19.4 Å². The zero-order valence-electron chi connectivity index (χ0n) is 12.3. The van der Waals surface area contributed by atoms with Crippen LogP contribution in [0.2, 0.25) is 0 Å². The van der Waals surface area contributed by atoms with Crippen molar-refractivity contribution in [1.82, 2.24) is 9.97 Å². The molecule has 1 fully saturated rings. The molecule has 0 aliphatic carbocycles. The minimum absolute atomic E-state index is 0.251. The van der Waals surface area contributed by atoms with Crippen molar-refractivity contribution >= 4 is 11.9 Å². The zero-order valence-corrected chi connectivity index (χ0v) is 12.3. The number of nitrogens with two attached hydrogens (primary N) is 1. The molecule has 1 aromatic rings. The van der Waals surface area contributed by atoms with Crippen LogP contribution in [-0.2, 0) is 4.74 Å². The van der Waals surface area contributed by atoms with Crippen LogP contribution in [-0.4, -0.2) is 41.2 Å². The Balaban J connectivity index is 2.18. The highest BCUT2D eigenvalue weighted by atomic mass is 16.5. The van der Waals surface area contributed by atoms with Crippen molar-refractivity contribution in [1.29, 1.82) is 0 Å². The molecule has 2 atom stereocenters. The Bertz CT molecular complexity index is 492. The van der Waals surface area contributed by atoms with Gasteiger partial charge in [0.05, 0.1) is 17.9 Å². The third-order valence-electron chi connectivity index (χ3n) is 3.64. The molecule has 2 unspecified atom stereocenters. The number of nitrogens with zero attached hydrogens (tertiary/aromatic N) is 3. The maximum absolute atomic E-state index is 11.7. The Morgan fingerprint density at radius 1 is 1.60 bits per heavy atom. The van der Waals surface area contributed by atoms with Crippen molar-refractivity contribution in [2.45, 2.75) is 45.7 Å². The van der Waals surface area contributed by atoms with Crippen molar-refractivity contribution in [2.75, 3.05) is 18.1 Å². The molecule has 0 spiro atoms. The molecule has 2 heterocycles. The number of aromatic nitrogens is 2.